The van der Waals surface area contributed by atoms with Gasteiger partial charge in [-0.3, -0.25) is 0 Å². The van der Waals surface area contributed by atoms with Gasteiger partial charge < -0.3 is 10.6 Å². The molecule has 2 heterocycles. The SMILES string of the molecule is CCc1ncnc(NCC2CCCN2)c1F. The summed E-state index contributed by atoms with van der Waals surface area (Å²) in [6.07, 6.45) is 4.33. The third kappa shape index (κ3) is 2.47. The molecule has 4 nitrogen and oxygen atoms in total. The second-order valence-corrected chi connectivity index (χ2v) is 4.01. The van der Waals surface area contributed by atoms with Gasteiger partial charge in [0.2, 0.25) is 0 Å². The highest BCUT2D eigenvalue weighted by Gasteiger charge is 2.15. The molecule has 1 aromatic rings. The number of hydrogen-bond acceptors (Lipinski definition) is 4. The fraction of sp³-hybridized carbons (Fsp3) is 0.636. The van der Waals surface area contributed by atoms with E-state index in [1.54, 1.807) is 0 Å². The standard InChI is InChI=1S/C11H17FN4/c1-2-9-10(12)11(16-7-15-9)14-6-8-4-3-5-13-8/h7-8,13H,2-6H2,1H3,(H,14,15,16). The van der Waals surface area contributed by atoms with Crippen LogP contribution in [0, 0.1) is 5.82 Å². The van der Waals surface area contributed by atoms with Gasteiger partial charge in [0, 0.05) is 12.6 Å². The third-order valence-corrected chi connectivity index (χ3v) is 2.87. The van der Waals surface area contributed by atoms with Gasteiger partial charge in [-0.1, -0.05) is 6.92 Å². The monoisotopic (exact) mass is 224 g/mol. The van der Waals surface area contributed by atoms with E-state index in [4.69, 9.17) is 0 Å². The van der Waals surface area contributed by atoms with E-state index < -0.39 is 0 Å². The Morgan fingerprint density at radius 3 is 3.12 bits per heavy atom. The van der Waals surface area contributed by atoms with Crippen molar-refractivity contribution >= 4 is 5.82 Å². The lowest BCUT2D eigenvalue weighted by atomic mass is 10.2. The number of halogens is 1. The number of anilines is 1. The molecule has 1 aromatic heterocycles. The summed E-state index contributed by atoms with van der Waals surface area (Å²) in [4.78, 5) is 7.82. The van der Waals surface area contributed by atoms with Crippen molar-refractivity contribution in [2.24, 2.45) is 0 Å². The average molecular weight is 224 g/mol. The molecule has 0 aliphatic carbocycles. The lowest BCUT2D eigenvalue weighted by Gasteiger charge is -2.12. The Labute approximate surface area is 94.7 Å². The molecule has 0 bridgehead atoms. The zero-order valence-electron chi connectivity index (χ0n) is 9.46. The molecule has 88 valence electrons. The Kier molecular flexibility index (Phi) is 3.66. The smallest absolute Gasteiger partial charge is 0.186 e. The van der Waals surface area contributed by atoms with Gasteiger partial charge in [-0.15, -0.1) is 0 Å². The molecule has 1 fully saturated rings. The van der Waals surface area contributed by atoms with Crippen molar-refractivity contribution in [2.75, 3.05) is 18.4 Å². The molecule has 0 radical (unpaired) electrons. The van der Waals surface area contributed by atoms with E-state index in [0.29, 0.717) is 24.0 Å². The van der Waals surface area contributed by atoms with Crippen molar-refractivity contribution < 1.29 is 4.39 Å². The van der Waals surface area contributed by atoms with Crippen LogP contribution in [0.2, 0.25) is 0 Å². The van der Waals surface area contributed by atoms with Crippen molar-refractivity contribution in [1.29, 1.82) is 0 Å². The molecule has 0 saturated carbocycles. The van der Waals surface area contributed by atoms with E-state index in [0.717, 1.165) is 19.5 Å². The number of aryl methyl sites for hydroxylation is 1. The molecule has 5 heteroatoms. The van der Waals surface area contributed by atoms with Gasteiger partial charge in [0.15, 0.2) is 11.6 Å². The van der Waals surface area contributed by atoms with E-state index >= 15 is 0 Å². The van der Waals surface area contributed by atoms with E-state index in [2.05, 4.69) is 20.6 Å². The minimum Gasteiger partial charge on any atom is -0.366 e. The molecule has 1 unspecified atom stereocenters. The summed E-state index contributed by atoms with van der Waals surface area (Å²) in [5, 5.41) is 6.39. The fourth-order valence-corrected chi connectivity index (χ4v) is 1.93. The minimum absolute atomic E-state index is 0.317. The Bertz CT molecular complexity index is 350. The van der Waals surface area contributed by atoms with Crippen LogP contribution >= 0.6 is 0 Å². The maximum atomic E-state index is 13.7. The number of hydrogen-bond donors (Lipinski definition) is 2. The lowest BCUT2D eigenvalue weighted by Crippen LogP contribution is -2.29. The molecule has 0 aromatic carbocycles. The van der Waals surface area contributed by atoms with Crippen LogP contribution in [-0.4, -0.2) is 29.1 Å². The number of aromatic nitrogens is 2. The van der Waals surface area contributed by atoms with E-state index in [-0.39, 0.29) is 5.82 Å². The minimum atomic E-state index is -0.317. The summed E-state index contributed by atoms with van der Waals surface area (Å²) in [7, 11) is 0. The summed E-state index contributed by atoms with van der Waals surface area (Å²) in [6.45, 7) is 3.66. The molecule has 2 rings (SSSR count). The highest BCUT2D eigenvalue weighted by atomic mass is 19.1. The molecular weight excluding hydrogens is 207 g/mol. The maximum absolute atomic E-state index is 13.7. The van der Waals surface area contributed by atoms with Crippen molar-refractivity contribution in [3.8, 4) is 0 Å². The fourth-order valence-electron chi connectivity index (χ4n) is 1.93. The molecule has 0 amide bonds. The molecule has 16 heavy (non-hydrogen) atoms. The average Bonchev–Trinajstić information content (AvgIpc) is 2.81. The first-order valence-electron chi connectivity index (χ1n) is 5.78. The van der Waals surface area contributed by atoms with Crippen LogP contribution in [0.15, 0.2) is 6.33 Å². The quantitative estimate of drug-likeness (QED) is 0.810. The van der Waals surface area contributed by atoms with Gasteiger partial charge in [-0.2, -0.15) is 0 Å². The van der Waals surface area contributed by atoms with Gasteiger partial charge in [0.25, 0.3) is 0 Å². The predicted molar refractivity (Wildman–Crippen MR) is 60.9 cm³/mol. The number of nitrogens with zero attached hydrogens (tertiary/aromatic N) is 2. The van der Waals surface area contributed by atoms with E-state index in [1.165, 1.54) is 12.7 Å². The Hall–Kier alpha value is -1.23. The highest BCUT2D eigenvalue weighted by Crippen LogP contribution is 2.14. The van der Waals surface area contributed by atoms with E-state index in [9.17, 15) is 4.39 Å². The topological polar surface area (TPSA) is 49.8 Å². The van der Waals surface area contributed by atoms with Gasteiger partial charge in [0.05, 0.1) is 5.69 Å². The van der Waals surface area contributed by atoms with Crippen molar-refractivity contribution in [1.82, 2.24) is 15.3 Å². The maximum Gasteiger partial charge on any atom is 0.186 e. The van der Waals surface area contributed by atoms with Crippen molar-refractivity contribution in [3.05, 3.63) is 17.8 Å². The van der Waals surface area contributed by atoms with Crippen LogP contribution in [0.25, 0.3) is 0 Å². The van der Waals surface area contributed by atoms with Crippen LogP contribution in [0.1, 0.15) is 25.5 Å². The zero-order chi connectivity index (χ0) is 11.4. The van der Waals surface area contributed by atoms with Crippen LogP contribution in [0.4, 0.5) is 10.2 Å². The first-order valence-corrected chi connectivity index (χ1v) is 5.78. The third-order valence-electron chi connectivity index (χ3n) is 2.87. The molecule has 1 saturated heterocycles. The van der Waals surface area contributed by atoms with Gasteiger partial charge in [-0.05, 0) is 25.8 Å². The summed E-state index contributed by atoms with van der Waals surface area (Å²) < 4.78 is 13.7. The molecule has 1 aliphatic heterocycles. The largest absolute Gasteiger partial charge is 0.366 e. The zero-order valence-corrected chi connectivity index (χ0v) is 9.46. The second-order valence-electron chi connectivity index (χ2n) is 4.01. The first kappa shape index (κ1) is 11.3. The molecule has 0 spiro atoms. The summed E-state index contributed by atoms with van der Waals surface area (Å²) >= 11 is 0. The van der Waals surface area contributed by atoms with Crippen LogP contribution in [0.5, 0.6) is 0 Å². The predicted octanol–water partition coefficient (Wildman–Crippen LogP) is 1.34. The summed E-state index contributed by atoms with van der Waals surface area (Å²) in [6, 6.07) is 0.430. The lowest BCUT2D eigenvalue weighted by molar-refractivity contribution is 0.588. The van der Waals surface area contributed by atoms with Crippen molar-refractivity contribution in [3.63, 3.8) is 0 Å². The molecular formula is C11H17FN4. The van der Waals surface area contributed by atoms with Gasteiger partial charge in [-0.25, -0.2) is 14.4 Å². The number of nitrogens with one attached hydrogen (secondary N) is 2. The highest BCUT2D eigenvalue weighted by molar-refractivity contribution is 5.37. The van der Waals surface area contributed by atoms with Crippen LogP contribution in [-0.2, 0) is 6.42 Å². The van der Waals surface area contributed by atoms with Crippen LogP contribution in [0.3, 0.4) is 0 Å². The first-order chi connectivity index (χ1) is 7.81. The van der Waals surface area contributed by atoms with Gasteiger partial charge in [0.1, 0.15) is 6.33 Å². The van der Waals surface area contributed by atoms with Gasteiger partial charge >= 0.3 is 0 Å². The molecule has 1 atom stereocenters. The Balaban J connectivity index is 1.97. The Morgan fingerprint density at radius 2 is 2.44 bits per heavy atom. The normalized spacial score (nSPS) is 20.0. The number of rotatable bonds is 4. The van der Waals surface area contributed by atoms with E-state index in [1.807, 2.05) is 6.92 Å². The second kappa shape index (κ2) is 5.21. The summed E-state index contributed by atoms with van der Waals surface area (Å²) in [5.74, 6) is 0.00328. The van der Waals surface area contributed by atoms with Crippen molar-refractivity contribution in [2.45, 2.75) is 32.2 Å². The molecule has 1 aliphatic rings. The summed E-state index contributed by atoms with van der Waals surface area (Å²) in [5.41, 5.74) is 0.469. The van der Waals surface area contributed by atoms with Crippen LogP contribution < -0.4 is 10.6 Å². The Morgan fingerprint density at radius 1 is 1.56 bits per heavy atom. The molecule has 2 N–H and O–H groups in total.